The minimum Gasteiger partial charge on any atom is -0.456 e. The van der Waals surface area contributed by atoms with Gasteiger partial charge >= 0.3 is 0 Å². The predicted molar refractivity (Wildman–Crippen MR) is 283 cm³/mol. The maximum Gasteiger partial charge on any atom is 0.167 e. The second-order valence-electron chi connectivity index (χ2n) is 17.9. The number of rotatable bonds is 5. The number of hydrogen-bond donors (Lipinski definition) is 0. The fraction of sp³-hybridized carbons (Fsp3) is 0. The SMILES string of the molecule is c1ccc(-c2cccc(-c3nc(-c4ccc(-n5c6cc7ccccc7cc6c6c7ccccc7ccc65)c5c4oc4c6ccccc6ccc45)nc(-c4cccc5oc6ccccc6c45)n3)c2)cc1. The van der Waals surface area contributed by atoms with Gasteiger partial charge in [0.15, 0.2) is 17.5 Å². The Hall–Kier alpha value is -9.39. The molecule has 15 rings (SSSR count). The molecule has 0 bridgehead atoms. The number of benzene rings is 11. The quantitative estimate of drug-likeness (QED) is 0.172. The maximum atomic E-state index is 7.31. The molecule has 0 saturated heterocycles. The third-order valence-electron chi connectivity index (χ3n) is 14.0. The van der Waals surface area contributed by atoms with Gasteiger partial charge in [-0.3, -0.25) is 0 Å². The second kappa shape index (κ2) is 14.6. The summed E-state index contributed by atoms with van der Waals surface area (Å²) >= 11 is 0. The lowest BCUT2D eigenvalue weighted by atomic mass is 10.0. The fourth-order valence-corrected chi connectivity index (χ4v) is 10.9. The van der Waals surface area contributed by atoms with E-state index in [4.69, 9.17) is 23.8 Å². The molecular weight excluding hydrogens is 845 g/mol. The van der Waals surface area contributed by atoms with Crippen LogP contribution in [0.4, 0.5) is 0 Å². The van der Waals surface area contributed by atoms with Crippen molar-refractivity contribution in [3.63, 3.8) is 0 Å². The zero-order valence-electron chi connectivity index (χ0n) is 36.9. The van der Waals surface area contributed by atoms with E-state index in [-0.39, 0.29) is 0 Å². The topological polar surface area (TPSA) is 69.9 Å². The Morgan fingerprint density at radius 1 is 0.304 bits per heavy atom. The van der Waals surface area contributed by atoms with Crippen molar-refractivity contribution in [3.8, 4) is 51.0 Å². The Kier molecular flexibility index (Phi) is 7.97. The highest BCUT2D eigenvalue weighted by Crippen LogP contribution is 2.46. The Balaban J connectivity index is 1.05. The number of hydrogen-bond acceptors (Lipinski definition) is 5. The number of furan rings is 2. The van der Waals surface area contributed by atoms with Crippen LogP contribution in [0.15, 0.2) is 227 Å². The normalized spacial score (nSPS) is 12.1. The molecule has 0 unspecified atom stereocenters. The Labute approximate surface area is 394 Å². The molecule has 4 aromatic heterocycles. The fourth-order valence-electron chi connectivity index (χ4n) is 10.9. The number of fused-ring (bicyclic) bond motifs is 14. The molecule has 0 N–H and O–H groups in total. The van der Waals surface area contributed by atoms with Crippen LogP contribution in [-0.4, -0.2) is 19.5 Å². The average Bonchev–Trinajstić information content (AvgIpc) is 4.10. The van der Waals surface area contributed by atoms with Crippen molar-refractivity contribution in [2.75, 3.05) is 0 Å². The second-order valence-corrected chi connectivity index (χ2v) is 17.9. The van der Waals surface area contributed by atoms with E-state index >= 15 is 0 Å². The first kappa shape index (κ1) is 37.8. The summed E-state index contributed by atoms with van der Waals surface area (Å²) in [5, 5.41) is 13.3. The summed E-state index contributed by atoms with van der Waals surface area (Å²) in [4.78, 5) is 16.1. The molecule has 0 aliphatic heterocycles. The highest BCUT2D eigenvalue weighted by Gasteiger charge is 2.25. The van der Waals surface area contributed by atoms with Crippen molar-refractivity contribution >= 4 is 98.0 Å². The Bertz CT molecular complexity index is 4620. The van der Waals surface area contributed by atoms with E-state index < -0.39 is 0 Å². The van der Waals surface area contributed by atoms with Gasteiger partial charge in [-0.1, -0.05) is 164 Å². The van der Waals surface area contributed by atoms with Crippen LogP contribution in [-0.2, 0) is 0 Å². The summed E-state index contributed by atoms with van der Waals surface area (Å²) in [7, 11) is 0. The molecule has 4 heterocycles. The highest BCUT2D eigenvalue weighted by atomic mass is 16.3. The molecule has 0 fully saturated rings. The lowest BCUT2D eigenvalue weighted by Crippen LogP contribution is -2.01. The van der Waals surface area contributed by atoms with Gasteiger partial charge in [0, 0.05) is 43.4 Å². The largest absolute Gasteiger partial charge is 0.456 e. The number of para-hydroxylation sites is 1. The van der Waals surface area contributed by atoms with Crippen molar-refractivity contribution in [2.45, 2.75) is 0 Å². The van der Waals surface area contributed by atoms with Crippen molar-refractivity contribution in [1.82, 2.24) is 19.5 Å². The number of nitrogens with zero attached hydrogens (tertiary/aromatic N) is 4. The first-order valence-electron chi connectivity index (χ1n) is 23.3. The standard InChI is InChI=1S/C63H36N4O2/c1-2-14-37(15-3-1)40-20-12-21-43(34-40)61-64-62(48-25-13-27-55-57(48)46-24-10-11-26-54(46)68-55)66-63(65-61)49-31-33-52(58-47-30-28-39-17-7-9-23-45(39)59(47)69-60(49)58)67-51-32-29-38-16-6-8-22-44(38)56(51)50-35-41-18-4-5-19-42(41)36-53(50)67/h1-36H. The predicted octanol–water partition coefficient (Wildman–Crippen LogP) is 16.9. The molecule has 6 heteroatoms. The first-order valence-corrected chi connectivity index (χ1v) is 23.3. The molecule has 0 saturated carbocycles. The molecule has 0 aliphatic carbocycles. The van der Waals surface area contributed by atoms with Crippen LogP contribution in [0.2, 0.25) is 0 Å². The summed E-state index contributed by atoms with van der Waals surface area (Å²) in [5.74, 6) is 1.60. The van der Waals surface area contributed by atoms with E-state index in [1.54, 1.807) is 0 Å². The van der Waals surface area contributed by atoms with E-state index in [0.29, 0.717) is 23.1 Å². The molecule has 0 atom stereocenters. The molecular formula is C63H36N4O2. The van der Waals surface area contributed by atoms with Crippen LogP contribution < -0.4 is 0 Å². The average molecular weight is 881 g/mol. The minimum absolute atomic E-state index is 0.504. The molecule has 320 valence electrons. The van der Waals surface area contributed by atoms with Gasteiger partial charge in [-0.15, -0.1) is 0 Å². The van der Waals surface area contributed by atoms with Gasteiger partial charge in [0.25, 0.3) is 0 Å². The van der Waals surface area contributed by atoms with Gasteiger partial charge < -0.3 is 13.4 Å². The molecule has 15 aromatic rings. The van der Waals surface area contributed by atoms with Crippen LogP contribution in [0, 0.1) is 0 Å². The first-order chi connectivity index (χ1) is 34.2. The molecule has 6 nitrogen and oxygen atoms in total. The summed E-state index contributed by atoms with van der Waals surface area (Å²) < 4.78 is 16.1. The van der Waals surface area contributed by atoms with E-state index in [1.807, 2.05) is 36.4 Å². The third kappa shape index (κ3) is 5.69. The van der Waals surface area contributed by atoms with Crippen molar-refractivity contribution in [3.05, 3.63) is 218 Å². The van der Waals surface area contributed by atoms with Crippen LogP contribution >= 0.6 is 0 Å². The summed E-state index contributed by atoms with van der Waals surface area (Å²) in [6, 6.07) is 76.8. The van der Waals surface area contributed by atoms with Crippen LogP contribution in [0.1, 0.15) is 0 Å². The molecule has 0 amide bonds. The molecule has 0 radical (unpaired) electrons. The molecule has 0 aliphatic rings. The van der Waals surface area contributed by atoms with Gasteiger partial charge in [0.2, 0.25) is 0 Å². The Morgan fingerprint density at radius 2 is 0.942 bits per heavy atom. The van der Waals surface area contributed by atoms with E-state index in [0.717, 1.165) is 93.6 Å². The summed E-state index contributed by atoms with van der Waals surface area (Å²) in [6.45, 7) is 0. The van der Waals surface area contributed by atoms with Crippen LogP contribution in [0.5, 0.6) is 0 Å². The van der Waals surface area contributed by atoms with Gasteiger partial charge in [-0.25, -0.2) is 15.0 Å². The monoisotopic (exact) mass is 880 g/mol. The van der Waals surface area contributed by atoms with Crippen molar-refractivity contribution < 1.29 is 8.83 Å². The van der Waals surface area contributed by atoms with Crippen LogP contribution in [0.3, 0.4) is 0 Å². The molecule has 11 aromatic carbocycles. The molecule has 69 heavy (non-hydrogen) atoms. The van der Waals surface area contributed by atoms with Gasteiger partial charge in [0.1, 0.15) is 22.3 Å². The summed E-state index contributed by atoms with van der Waals surface area (Å²) in [5.41, 5.74) is 11.0. The smallest absolute Gasteiger partial charge is 0.167 e. The van der Waals surface area contributed by atoms with Crippen molar-refractivity contribution in [2.24, 2.45) is 0 Å². The van der Waals surface area contributed by atoms with E-state index in [2.05, 4.69) is 187 Å². The number of aromatic nitrogens is 4. The van der Waals surface area contributed by atoms with Crippen molar-refractivity contribution in [1.29, 1.82) is 0 Å². The van der Waals surface area contributed by atoms with Crippen LogP contribution in [0.25, 0.3) is 149 Å². The zero-order chi connectivity index (χ0) is 45.2. The van der Waals surface area contributed by atoms with E-state index in [9.17, 15) is 0 Å². The lowest BCUT2D eigenvalue weighted by molar-refractivity contribution is 0.669. The molecule has 0 spiro atoms. The lowest BCUT2D eigenvalue weighted by Gasteiger charge is -2.13. The third-order valence-corrected chi connectivity index (χ3v) is 14.0. The zero-order valence-corrected chi connectivity index (χ0v) is 36.9. The Morgan fingerprint density at radius 3 is 1.80 bits per heavy atom. The highest BCUT2D eigenvalue weighted by molar-refractivity contribution is 6.25. The maximum absolute atomic E-state index is 7.31. The summed E-state index contributed by atoms with van der Waals surface area (Å²) in [6.07, 6.45) is 0. The van der Waals surface area contributed by atoms with Gasteiger partial charge in [-0.05, 0) is 92.7 Å². The van der Waals surface area contributed by atoms with Gasteiger partial charge in [-0.2, -0.15) is 0 Å². The minimum atomic E-state index is 0.504. The van der Waals surface area contributed by atoms with E-state index in [1.165, 1.54) is 32.3 Å². The van der Waals surface area contributed by atoms with Gasteiger partial charge in [0.05, 0.1) is 27.7 Å².